The van der Waals surface area contributed by atoms with Crippen LogP contribution in [-0.2, 0) is 10.2 Å². The van der Waals surface area contributed by atoms with Crippen LogP contribution < -0.4 is 14.8 Å². The van der Waals surface area contributed by atoms with Crippen LogP contribution in [0.1, 0.15) is 57.3 Å². The van der Waals surface area contributed by atoms with Gasteiger partial charge in [0.25, 0.3) is 0 Å². The molecule has 220 valence electrons. The van der Waals surface area contributed by atoms with Crippen LogP contribution in [-0.4, -0.2) is 41.6 Å². The van der Waals surface area contributed by atoms with Gasteiger partial charge < -0.3 is 19.7 Å². The van der Waals surface area contributed by atoms with Crippen LogP contribution in [0.2, 0.25) is 0 Å². The zero-order chi connectivity index (χ0) is 30.6. The molecule has 3 aliphatic heterocycles. The second kappa shape index (κ2) is 10.5. The molecule has 0 aliphatic carbocycles. The summed E-state index contributed by atoms with van der Waals surface area (Å²) in [5.41, 5.74) is 2.68. The van der Waals surface area contributed by atoms with Gasteiger partial charge in [-0.3, -0.25) is 14.4 Å². The number of carbonyl (C=O) groups is 3. The molecule has 7 heteroatoms. The Morgan fingerprint density at radius 1 is 0.818 bits per heavy atom. The van der Waals surface area contributed by atoms with Crippen LogP contribution >= 0.6 is 0 Å². The highest BCUT2D eigenvalue weighted by atomic mass is 16.5. The van der Waals surface area contributed by atoms with Gasteiger partial charge in [0.05, 0.1) is 25.2 Å². The first-order valence-electron chi connectivity index (χ1n) is 14.8. The Morgan fingerprint density at radius 2 is 1.45 bits per heavy atom. The Labute approximate surface area is 256 Å². The average Bonchev–Trinajstić information content (AvgIpc) is 3.52. The molecular formula is C37H32N2O5. The number of hydrogen-bond acceptors (Lipinski definition) is 6. The fourth-order valence-electron chi connectivity index (χ4n) is 7.24. The van der Waals surface area contributed by atoms with Crippen LogP contribution in [0, 0.1) is 5.92 Å². The van der Waals surface area contributed by atoms with Gasteiger partial charge in [-0.05, 0) is 91.2 Å². The smallest absolute Gasteiger partial charge is 0.238 e. The summed E-state index contributed by atoms with van der Waals surface area (Å²) in [5.74, 6) is -0.591. The molecule has 3 aliphatic rings. The number of para-hydroxylation sites is 1. The molecule has 4 atom stereocenters. The number of methoxy groups -OCH3 is 1. The van der Waals surface area contributed by atoms with E-state index in [9.17, 15) is 14.4 Å². The van der Waals surface area contributed by atoms with Crippen LogP contribution in [0.3, 0.4) is 0 Å². The number of fused-ring (bicyclic) bond motifs is 6. The molecule has 0 unspecified atom stereocenters. The second-order valence-corrected chi connectivity index (χ2v) is 11.7. The molecular weight excluding hydrogens is 552 g/mol. The van der Waals surface area contributed by atoms with Gasteiger partial charge in [-0.15, -0.1) is 0 Å². The Bertz CT molecular complexity index is 1810. The summed E-state index contributed by atoms with van der Waals surface area (Å²) in [4.78, 5) is 46.1. The van der Waals surface area contributed by atoms with Crippen molar-refractivity contribution < 1.29 is 23.9 Å². The third-order valence-electron chi connectivity index (χ3n) is 9.01. The molecule has 1 N–H and O–H groups in total. The molecule has 7 nitrogen and oxygen atoms in total. The lowest BCUT2D eigenvalue weighted by Gasteiger charge is -2.38. The average molecular weight is 585 g/mol. The van der Waals surface area contributed by atoms with Gasteiger partial charge in [-0.25, -0.2) is 0 Å². The number of amides is 1. The minimum atomic E-state index is -1.38. The van der Waals surface area contributed by atoms with E-state index in [1.54, 1.807) is 55.6 Å². The van der Waals surface area contributed by atoms with Gasteiger partial charge in [0.1, 0.15) is 23.0 Å². The summed E-state index contributed by atoms with van der Waals surface area (Å²) in [6, 6.07) is 27.7. The van der Waals surface area contributed by atoms with Gasteiger partial charge >= 0.3 is 0 Å². The lowest BCUT2D eigenvalue weighted by molar-refractivity contribution is -0.122. The van der Waals surface area contributed by atoms with E-state index in [0.29, 0.717) is 33.9 Å². The van der Waals surface area contributed by atoms with E-state index in [4.69, 9.17) is 9.47 Å². The van der Waals surface area contributed by atoms with Gasteiger partial charge in [-0.2, -0.15) is 0 Å². The number of Topliss-reactive ketones (excluding diaryl/α,β-unsaturated/α-hetero) is 2. The normalized spacial score (nSPS) is 22.8. The number of rotatable bonds is 7. The van der Waals surface area contributed by atoms with E-state index in [2.05, 4.69) is 5.32 Å². The first-order chi connectivity index (χ1) is 21.3. The highest BCUT2D eigenvalue weighted by Crippen LogP contribution is 2.62. The molecule has 7 rings (SSSR count). The van der Waals surface area contributed by atoms with Gasteiger partial charge in [0, 0.05) is 23.0 Å². The van der Waals surface area contributed by atoms with Crippen molar-refractivity contribution in [2.75, 3.05) is 12.4 Å². The number of ketones is 2. The van der Waals surface area contributed by atoms with E-state index in [1.807, 2.05) is 79.6 Å². The fourth-order valence-corrected chi connectivity index (χ4v) is 7.24. The quantitative estimate of drug-likeness (QED) is 0.251. The maximum absolute atomic E-state index is 14.9. The van der Waals surface area contributed by atoms with Gasteiger partial charge in [0.15, 0.2) is 11.6 Å². The SMILES string of the molecule is COc1ccc(C(=O)[C@@H]2[C@H](C(=O)c3ccc(OC(C)C)cc3)N3C=Cc4ccccc4[C@H]3[C@@]23C(=O)Nc2ccccc23)cc1. The molecule has 4 aromatic rings. The standard InChI is InChI=1S/C37H32N2O5/c1-22(2)44-27-18-14-25(15-19-27)34(41)32-31(33(40)24-12-16-26(43-3)17-13-24)37(29-10-6-7-11-30(29)38-36(37)42)35-28-9-5-4-8-23(28)20-21-39(32)35/h4-22,31-32,35H,1-3H3,(H,38,42)/t31-,32+,35-,37-/m0/s1. The van der Waals surface area contributed by atoms with Crippen LogP contribution in [0.25, 0.3) is 6.08 Å². The van der Waals surface area contributed by atoms with E-state index < -0.39 is 23.4 Å². The fraction of sp³-hybridized carbons (Fsp3) is 0.216. The highest BCUT2D eigenvalue weighted by molar-refractivity contribution is 6.16. The van der Waals surface area contributed by atoms with Crippen molar-refractivity contribution in [3.8, 4) is 11.5 Å². The van der Waals surface area contributed by atoms with Crippen molar-refractivity contribution in [2.45, 2.75) is 37.5 Å². The Kier molecular flexibility index (Phi) is 6.61. The number of anilines is 1. The lowest BCUT2D eigenvalue weighted by Crippen LogP contribution is -2.49. The first kappa shape index (κ1) is 27.7. The molecule has 1 amide bonds. The molecule has 44 heavy (non-hydrogen) atoms. The largest absolute Gasteiger partial charge is 0.497 e. The van der Waals surface area contributed by atoms with Crippen LogP contribution in [0.4, 0.5) is 5.69 Å². The monoisotopic (exact) mass is 584 g/mol. The number of carbonyl (C=O) groups excluding carboxylic acids is 3. The van der Waals surface area contributed by atoms with Crippen LogP contribution in [0.15, 0.2) is 103 Å². The Hall–Kier alpha value is -5.17. The summed E-state index contributed by atoms with van der Waals surface area (Å²) in [6.45, 7) is 3.88. The molecule has 1 spiro atoms. The maximum atomic E-state index is 14.9. The third-order valence-corrected chi connectivity index (χ3v) is 9.01. The predicted octanol–water partition coefficient (Wildman–Crippen LogP) is 6.46. The first-order valence-corrected chi connectivity index (χ1v) is 14.8. The second-order valence-electron chi connectivity index (χ2n) is 11.7. The van der Waals surface area contributed by atoms with Crippen molar-refractivity contribution in [3.63, 3.8) is 0 Å². The molecule has 1 saturated heterocycles. The van der Waals surface area contributed by atoms with Crippen molar-refractivity contribution in [2.24, 2.45) is 5.92 Å². The highest BCUT2D eigenvalue weighted by Gasteiger charge is 2.70. The Morgan fingerprint density at radius 3 is 2.16 bits per heavy atom. The van der Waals surface area contributed by atoms with Gasteiger partial charge in [0.2, 0.25) is 5.91 Å². The summed E-state index contributed by atoms with van der Waals surface area (Å²) in [6.07, 6.45) is 3.82. The van der Waals surface area contributed by atoms with Crippen molar-refractivity contribution in [1.29, 1.82) is 0 Å². The third kappa shape index (κ3) is 4.07. The number of ether oxygens (including phenoxy) is 2. The topological polar surface area (TPSA) is 84.9 Å². The summed E-state index contributed by atoms with van der Waals surface area (Å²) in [5, 5.41) is 3.08. The van der Waals surface area contributed by atoms with Crippen LogP contribution in [0.5, 0.6) is 11.5 Å². The lowest BCUT2D eigenvalue weighted by atomic mass is 9.62. The summed E-state index contributed by atoms with van der Waals surface area (Å²) in [7, 11) is 1.57. The van der Waals surface area contributed by atoms with E-state index in [1.165, 1.54) is 0 Å². The predicted molar refractivity (Wildman–Crippen MR) is 168 cm³/mol. The molecule has 0 bridgehead atoms. The Balaban J connectivity index is 1.46. The number of nitrogens with one attached hydrogen (secondary N) is 1. The molecule has 0 radical (unpaired) electrons. The van der Waals surface area contributed by atoms with Crippen molar-refractivity contribution in [1.82, 2.24) is 4.90 Å². The van der Waals surface area contributed by atoms with E-state index in [0.717, 1.165) is 11.1 Å². The minimum Gasteiger partial charge on any atom is -0.497 e. The summed E-state index contributed by atoms with van der Waals surface area (Å²) < 4.78 is 11.2. The zero-order valence-corrected chi connectivity index (χ0v) is 24.7. The minimum absolute atomic E-state index is 0.0157. The molecule has 0 aromatic heterocycles. The molecule has 1 fully saturated rings. The van der Waals surface area contributed by atoms with Gasteiger partial charge in [-0.1, -0.05) is 42.5 Å². The maximum Gasteiger partial charge on any atom is 0.238 e. The van der Waals surface area contributed by atoms with E-state index >= 15 is 0 Å². The number of nitrogens with zero attached hydrogens (tertiary/aromatic N) is 1. The summed E-state index contributed by atoms with van der Waals surface area (Å²) >= 11 is 0. The number of hydrogen-bond donors (Lipinski definition) is 1. The zero-order valence-electron chi connectivity index (χ0n) is 24.7. The van der Waals surface area contributed by atoms with E-state index in [-0.39, 0.29) is 23.6 Å². The molecule has 0 saturated carbocycles. The molecule has 3 heterocycles. The number of benzene rings is 4. The van der Waals surface area contributed by atoms with Crippen molar-refractivity contribution >= 4 is 29.2 Å². The molecule has 4 aromatic carbocycles. The van der Waals surface area contributed by atoms with Crippen molar-refractivity contribution in [3.05, 3.63) is 131 Å².